The van der Waals surface area contributed by atoms with Gasteiger partial charge >= 0.3 is 0 Å². The van der Waals surface area contributed by atoms with E-state index in [-0.39, 0.29) is 5.88 Å². The number of nitrogens with zero attached hydrogens (tertiary/aromatic N) is 1. The molecule has 0 aliphatic rings. The number of rotatable bonds is 3. The van der Waals surface area contributed by atoms with E-state index < -0.39 is 6.10 Å². The van der Waals surface area contributed by atoms with Crippen LogP contribution in [0.25, 0.3) is 0 Å². The van der Waals surface area contributed by atoms with Gasteiger partial charge in [0.25, 0.3) is 0 Å². The molecule has 0 amide bonds. The molecule has 0 fully saturated rings. The smallest absolute Gasteiger partial charge is 0.0870 e. The highest BCUT2D eigenvalue weighted by Crippen LogP contribution is 1.86. The first kappa shape index (κ1) is 7.92. The summed E-state index contributed by atoms with van der Waals surface area (Å²) < 4.78 is 0. The van der Waals surface area contributed by atoms with E-state index in [9.17, 15) is 0 Å². The largest absolute Gasteiger partial charge is 0.390 e. The molecule has 0 saturated carbocycles. The van der Waals surface area contributed by atoms with Gasteiger partial charge in [-0.15, -0.1) is 11.6 Å². The Kier molecular flexibility index (Phi) is 5.01. The van der Waals surface area contributed by atoms with Crippen LogP contribution in [0.5, 0.6) is 0 Å². The summed E-state index contributed by atoms with van der Waals surface area (Å²) >= 11 is 5.26. The second kappa shape index (κ2) is 5.06. The van der Waals surface area contributed by atoms with E-state index >= 15 is 0 Å². The monoisotopic (exact) mass is 135 g/mol. The highest BCUT2D eigenvalue weighted by molar-refractivity contribution is 6.18. The molecule has 0 rings (SSSR count). The molecule has 0 bridgehead atoms. The molecule has 1 N–H and O–H groups in total. The lowest BCUT2D eigenvalue weighted by molar-refractivity contribution is 0.207. The maximum absolute atomic E-state index is 8.74. The minimum Gasteiger partial charge on any atom is -0.390 e. The van der Waals surface area contributed by atoms with Crippen molar-refractivity contribution in [2.24, 2.45) is 4.99 Å². The third-order valence-electron chi connectivity index (χ3n) is 0.677. The van der Waals surface area contributed by atoms with Crippen LogP contribution in [0.2, 0.25) is 0 Å². The number of halogens is 1. The first-order valence-electron chi connectivity index (χ1n) is 2.49. The van der Waals surface area contributed by atoms with Crippen LogP contribution in [0.1, 0.15) is 6.92 Å². The normalized spacial score (nSPS) is 14.9. The first-order valence-corrected chi connectivity index (χ1v) is 3.03. The lowest BCUT2D eigenvalue weighted by Gasteiger charge is -1.98. The van der Waals surface area contributed by atoms with Crippen LogP contribution in [-0.4, -0.2) is 29.8 Å². The Morgan fingerprint density at radius 2 is 2.50 bits per heavy atom. The van der Waals surface area contributed by atoms with Gasteiger partial charge in [0, 0.05) is 0 Å². The molecule has 0 aromatic carbocycles. The zero-order valence-corrected chi connectivity index (χ0v) is 5.60. The van der Waals surface area contributed by atoms with Crippen LogP contribution in [0.3, 0.4) is 0 Å². The quantitative estimate of drug-likeness (QED) is 0.448. The third kappa shape index (κ3) is 4.09. The van der Waals surface area contributed by atoms with Gasteiger partial charge in [-0.05, 0) is 13.1 Å². The van der Waals surface area contributed by atoms with E-state index in [1.54, 1.807) is 13.1 Å². The summed E-state index contributed by atoms with van der Waals surface area (Å²) in [4.78, 5) is 3.78. The molecule has 2 nitrogen and oxygen atoms in total. The molecular formula is C5H10ClNO. The summed E-state index contributed by atoms with van der Waals surface area (Å²) in [5, 5.41) is 8.74. The van der Waals surface area contributed by atoms with Gasteiger partial charge in [0.15, 0.2) is 0 Å². The molecule has 0 aromatic rings. The molecule has 0 spiro atoms. The van der Waals surface area contributed by atoms with Gasteiger partial charge in [0.1, 0.15) is 0 Å². The SMILES string of the molecule is C/C=N/C[C@H](O)CCl. The van der Waals surface area contributed by atoms with E-state index in [4.69, 9.17) is 16.7 Å². The summed E-state index contributed by atoms with van der Waals surface area (Å²) in [7, 11) is 0. The highest BCUT2D eigenvalue weighted by Gasteiger charge is 1.96. The number of hydrogen-bond donors (Lipinski definition) is 1. The number of alkyl halides is 1. The number of aliphatic imine (C=N–C) groups is 1. The maximum Gasteiger partial charge on any atom is 0.0870 e. The summed E-state index contributed by atoms with van der Waals surface area (Å²) in [6.45, 7) is 2.22. The Bertz CT molecular complexity index is 74.8. The molecule has 0 radical (unpaired) electrons. The van der Waals surface area contributed by atoms with Crippen molar-refractivity contribution in [3.8, 4) is 0 Å². The Morgan fingerprint density at radius 1 is 1.88 bits per heavy atom. The van der Waals surface area contributed by atoms with Gasteiger partial charge in [0.2, 0.25) is 0 Å². The lowest BCUT2D eigenvalue weighted by Crippen LogP contribution is -2.11. The molecule has 0 aromatic heterocycles. The van der Waals surface area contributed by atoms with E-state index in [1.807, 2.05) is 0 Å². The minimum absolute atomic E-state index is 0.261. The van der Waals surface area contributed by atoms with Crippen LogP contribution in [0, 0.1) is 0 Å². The molecule has 8 heavy (non-hydrogen) atoms. The van der Waals surface area contributed by atoms with E-state index in [2.05, 4.69) is 4.99 Å². The van der Waals surface area contributed by atoms with Crippen LogP contribution in [-0.2, 0) is 0 Å². The van der Waals surface area contributed by atoms with Crippen molar-refractivity contribution in [2.45, 2.75) is 13.0 Å². The van der Waals surface area contributed by atoms with Crippen molar-refractivity contribution in [1.82, 2.24) is 0 Å². The second-order valence-corrected chi connectivity index (χ2v) is 1.74. The van der Waals surface area contributed by atoms with Crippen molar-refractivity contribution in [3.63, 3.8) is 0 Å². The van der Waals surface area contributed by atoms with E-state index in [1.165, 1.54) is 0 Å². The molecular weight excluding hydrogens is 126 g/mol. The van der Waals surface area contributed by atoms with Gasteiger partial charge in [0.05, 0.1) is 18.5 Å². The molecule has 0 aliphatic heterocycles. The Labute approximate surface area is 54.2 Å². The standard InChI is InChI=1S/C5H10ClNO/c1-2-7-4-5(8)3-6/h2,5,8H,3-4H2,1H3/b7-2+/t5-/m1/s1. The summed E-state index contributed by atoms with van der Waals surface area (Å²) in [5.41, 5.74) is 0. The molecule has 1 atom stereocenters. The number of aliphatic hydroxyl groups is 1. The van der Waals surface area contributed by atoms with Gasteiger partial charge < -0.3 is 5.11 Å². The highest BCUT2D eigenvalue weighted by atomic mass is 35.5. The van der Waals surface area contributed by atoms with Crippen molar-refractivity contribution >= 4 is 17.8 Å². The maximum atomic E-state index is 8.74. The Balaban J connectivity index is 3.10. The molecule has 0 unspecified atom stereocenters. The average molecular weight is 136 g/mol. The topological polar surface area (TPSA) is 32.6 Å². The summed E-state index contributed by atoms with van der Waals surface area (Å²) in [5.74, 6) is 0.261. The van der Waals surface area contributed by atoms with Crippen molar-refractivity contribution in [2.75, 3.05) is 12.4 Å². The van der Waals surface area contributed by atoms with Crippen LogP contribution in [0.15, 0.2) is 4.99 Å². The van der Waals surface area contributed by atoms with Crippen LogP contribution < -0.4 is 0 Å². The van der Waals surface area contributed by atoms with Crippen molar-refractivity contribution < 1.29 is 5.11 Å². The van der Waals surface area contributed by atoms with Gasteiger partial charge in [-0.3, -0.25) is 4.99 Å². The lowest BCUT2D eigenvalue weighted by atomic mass is 10.4. The fraction of sp³-hybridized carbons (Fsp3) is 0.800. The Morgan fingerprint density at radius 3 is 2.88 bits per heavy atom. The summed E-state index contributed by atoms with van der Waals surface area (Å²) in [6.07, 6.45) is 1.17. The van der Waals surface area contributed by atoms with Crippen molar-refractivity contribution in [3.05, 3.63) is 0 Å². The van der Waals surface area contributed by atoms with Gasteiger partial charge in [-0.1, -0.05) is 0 Å². The fourth-order valence-electron chi connectivity index (χ4n) is 0.276. The minimum atomic E-state index is -0.479. The Hall–Kier alpha value is -0.0800. The number of hydrogen-bond acceptors (Lipinski definition) is 2. The van der Waals surface area contributed by atoms with Crippen LogP contribution >= 0.6 is 11.6 Å². The van der Waals surface area contributed by atoms with E-state index in [0.29, 0.717) is 6.54 Å². The van der Waals surface area contributed by atoms with Gasteiger partial charge in [-0.25, -0.2) is 0 Å². The zero-order valence-electron chi connectivity index (χ0n) is 4.84. The molecule has 48 valence electrons. The second-order valence-electron chi connectivity index (χ2n) is 1.43. The average Bonchev–Trinajstić information content (AvgIpc) is 1.83. The fourth-order valence-corrected chi connectivity index (χ4v) is 0.373. The number of aliphatic hydroxyl groups excluding tert-OH is 1. The predicted molar refractivity (Wildman–Crippen MR) is 35.8 cm³/mol. The first-order chi connectivity index (χ1) is 3.81. The zero-order chi connectivity index (χ0) is 6.41. The summed E-state index contributed by atoms with van der Waals surface area (Å²) in [6, 6.07) is 0. The molecule has 3 heteroatoms. The van der Waals surface area contributed by atoms with Crippen LogP contribution in [0.4, 0.5) is 0 Å². The molecule has 0 aliphatic carbocycles. The van der Waals surface area contributed by atoms with Gasteiger partial charge in [-0.2, -0.15) is 0 Å². The van der Waals surface area contributed by atoms with E-state index in [0.717, 1.165) is 0 Å². The molecule has 0 heterocycles. The molecule has 0 saturated heterocycles. The van der Waals surface area contributed by atoms with Crippen molar-refractivity contribution in [1.29, 1.82) is 0 Å². The third-order valence-corrected chi connectivity index (χ3v) is 1.03. The predicted octanol–water partition coefficient (Wildman–Crippen LogP) is 0.677.